The molecule has 0 aromatic heterocycles. The Morgan fingerprint density at radius 1 is 1.85 bits per heavy atom. The third kappa shape index (κ3) is 7.45. The molecule has 0 fully saturated rings. The number of carboxylic acid groups (broad SMARTS) is 1. The summed E-state index contributed by atoms with van der Waals surface area (Å²) in [6, 6.07) is 0. The van der Waals surface area contributed by atoms with Crippen LogP contribution in [-0.4, -0.2) is 37.2 Å². The third-order valence-corrected chi connectivity index (χ3v) is 1.82. The van der Waals surface area contributed by atoms with Gasteiger partial charge in [-0.1, -0.05) is 11.8 Å². The van der Waals surface area contributed by atoms with Crippen molar-refractivity contribution in [2.24, 2.45) is 4.99 Å². The largest absolute Gasteiger partial charge is 0.530 e. The molecule has 1 aliphatic heterocycles. The van der Waals surface area contributed by atoms with Crippen molar-refractivity contribution < 1.29 is 9.90 Å². The first-order valence-electron chi connectivity index (χ1n) is 3.97. The number of hydrogen-bond donors (Lipinski definition) is 2. The Bertz CT molecular complexity index is 185. The molecule has 13 heavy (non-hydrogen) atoms. The van der Waals surface area contributed by atoms with Gasteiger partial charge in [-0.3, -0.25) is 4.99 Å². The lowest BCUT2D eigenvalue weighted by atomic mass is 10.7. The van der Waals surface area contributed by atoms with Crippen LogP contribution in [0.4, 0.5) is 4.79 Å². The smallest absolute Gasteiger partial charge is 0.156 e. The van der Waals surface area contributed by atoms with Gasteiger partial charge >= 0.3 is 0 Å². The molecule has 1 heterocycles. The number of carbonyl (C=O) groups is 1. The van der Waals surface area contributed by atoms with E-state index in [1.54, 1.807) is 18.7 Å². The van der Waals surface area contributed by atoms with E-state index in [2.05, 4.69) is 10.3 Å². The summed E-state index contributed by atoms with van der Waals surface area (Å²) in [6.07, 6.45) is 0.814. The second kappa shape index (κ2) is 7.72. The summed E-state index contributed by atoms with van der Waals surface area (Å²) >= 11 is 1.67. The van der Waals surface area contributed by atoms with Crippen LogP contribution in [0.25, 0.3) is 0 Å². The Morgan fingerprint density at radius 3 is 2.69 bits per heavy atom. The zero-order chi connectivity index (χ0) is 10.1. The van der Waals surface area contributed by atoms with E-state index in [1.807, 2.05) is 11.6 Å². The summed E-state index contributed by atoms with van der Waals surface area (Å²) in [5.41, 5.74) is 0. The van der Waals surface area contributed by atoms with Crippen molar-refractivity contribution in [3.63, 3.8) is 0 Å². The van der Waals surface area contributed by atoms with E-state index in [4.69, 9.17) is 0 Å². The number of carbonyl (C=O) groups excluding carboxylic acids is 1. The van der Waals surface area contributed by atoms with Crippen LogP contribution in [0.1, 0.15) is 6.92 Å². The van der Waals surface area contributed by atoms with Crippen molar-refractivity contribution in [3.05, 3.63) is 0 Å². The van der Waals surface area contributed by atoms with Crippen molar-refractivity contribution in [1.29, 1.82) is 0 Å². The number of amidine groups is 1. The number of aliphatic imine (C=N–C) groups is 1. The summed E-state index contributed by atoms with van der Waals surface area (Å²) in [5, 5.41) is 15.6. The number of thioether (sulfide) groups is 1. The predicted octanol–water partition coefficient (Wildman–Crippen LogP) is -0.752. The van der Waals surface area contributed by atoms with Crippen molar-refractivity contribution >= 4 is 23.0 Å². The second-order valence-corrected chi connectivity index (χ2v) is 2.93. The molecule has 1 amide bonds. The molecule has 0 aromatic carbocycles. The maximum atomic E-state index is 9.38. The van der Waals surface area contributed by atoms with Crippen molar-refractivity contribution in [2.45, 2.75) is 6.92 Å². The maximum absolute atomic E-state index is 9.38. The molecule has 0 unspecified atom stereocenters. The Balaban J connectivity index is 0.000000226. The van der Waals surface area contributed by atoms with Crippen LogP contribution < -0.4 is 15.7 Å². The highest BCUT2D eigenvalue weighted by Crippen LogP contribution is 1.97. The third-order valence-electron chi connectivity index (χ3n) is 1.16. The van der Waals surface area contributed by atoms with Gasteiger partial charge in [-0.25, -0.2) is 0 Å². The van der Waals surface area contributed by atoms with Gasteiger partial charge < -0.3 is 20.5 Å². The Kier molecular flexibility index (Phi) is 7.18. The van der Waals surface area contributed by atoms with Gasteiger partial charge in [0.2, 0.25) is 0 Å². The lowest BCUT2D eigenvalue weighted by Crippen LogP contribution is -2.35. The van der Waals surface area contributed by atoms with E-state index in [1.165, 1.54) is 0 Å². The van der Waals surface area contributed by atoms with Gasteiger partial charge in [0.1, 0.15) is 6.09 Å². The van der Waals surface area contributed by atoms with Crippen molar-refractivity contribution in [3.8, 4) is 0 Å². The van der Waals surface area contributed by atoms with Gasteiger partial charge in [-0.2, -0.15) is 0 Å². The quantitative estimate of drug-likeness (QED) is 0.589. The molecule has 2 N–H and O–H groups in total. The summed E-state index contributed by atoms with van der Waals surface area (Å²) in [4.78, 5) is 13.5. The van der Waals surface area contributed by atoms with Crippen LogP contribution in [0.2, 0.25) is 0 Å². The van der Waals surface area contributed by atoms with Crippen LogP contribution >= 0.6 is 11.8 Å². The van der Waals surface area contributed by atoms with Crippen LogP contribution in [0.15, 0.2) is 4.99 Å². The van der Waals surface area contributed by atoms with Crippen molar-refractivity contribution in [2.75, 3.05) is 25.9 Å². The minimum atomic E-state index is -1.21. The molecule has 1 aliphatic rings. The van der Waals surface area contributed by atoms with Crippen LogP contribution in [0.5, 0.6) is 0 Å². The number of nitrogens with one attached hydrogen (secondary N) is 2. The summed E-state index contributed by atoms with van der Waals surface area (Å²) in [7, 11) is 0. The van der Waals surface area contributed by atoms with E-state index in [0.717, 1.165) is 18.3 Å². The molecule has 0 radical (unpaired) electrons. The fourth-order valence-corrected chi connectivity index (χ4v) is 1.12. The fraction of sp³-hybridized carbons (Fsp3) is 0.714. The zero-order valence-electron chi connectivity index (χ0n) is 7.79. The molecule has 5 nitrogen and oxygen atoms in total. The molecule has 0 bridgehead atoms. The highest BCUT2D eigenvalue weighted by Gasteiger charge is 1.99. The Morgan fingerprint density at radius 2 is 2.54 bits per heavy atom. The van der Waals surface area contributed by atoms with Gasteiger partial charge in [0.25, 0.3) is 0 Å². The average Bonchev–Trinajstić information content (AvgIpc) is 2.56. The highest BCUT2D eigenvalue weighted by molar-refractivity contribution is 8.13. The lowest BCUT2D eigenvalue weighted by molar-refractivity contribution is -0.250. The number of rotatable bonds is 1. The topological polar surface area (TPSA) is 76.5 Å². The lowest BCUT2D eigenvalue weighted by Gasteiger charge is -1.98. The van der Waals surface area contributed by atoms with Crippen LogP contribution in [0.3, 0.4) is 0 Å². The van der Waals surface area contributed by atoms with Crippen LogP contribution in [0, 0.1) is 0 Å². The minimum absolute atomic E-state index is 0.419. The molecule has 0 aromatic rings. The van der Waals surface area contributed by atoms with E-state index in [9.17, 15) is 9.90 Å². The molecule has 0 atom stereocenters. The Labute approximate surface area is 82.0 Å². The summed E-state index contributed by atoms with van der Waals surface area (Å²) in [6.45, 7) is 4.09. The average molecular weight is 204 g/mol. The first-order valence-corrected chi connectivity index (χ1v) is 5.20. The second-order valence-electron chi connectivity index (χ2n) is 2.14. The van der Waals surface area contributed by atoms with Gasteiger partial charge in [-0.15, -0.1) is 0 Å². The van der Waals surface area contributed by atoms with Gasteiger partial charge in [-0.05, 0) is 13.2 Å². The van der Waals surface area contributed by atoms with Gasteiger partial charge in [0.15, 0.2) is 5.17 Å². The number of amides is 1. The molecule has 6 heteroatoms. The number of hydrogen-bond acceptors (Lipinski definition) is 5. The Hall–Kier alpha value is -0.910. The number of nitrogens with zero attached hydrogens (tertiary/aromatic N) is 1. The molecule has 0 saturated heterocycles. The van der Waals surface area contributed by atoms with E-state index in [-0.39, 0.29) is 0 Å². The maximum Gasteiger partial charge on any atom is 0.156 e. The standard InChI is InChI=1S/C4H8N2S.C3H7NO2/c1-7-4-5-2-3-6-4;1-2-4-3(5)6/h2-3H2,1H3,(H,5,6);4H,2H2,1H3,(H,5,6)/p-1. The first-order chi connectivity index (χ1) is 6.20. The fourth-order valence-electron chi connectivity index (χ4n) is 0.657. The first kappa shape index (κ1) is 12.1. The van der Waals surface area contributed by atoms with Crippen molar-refractivity contribution in [1.82, 2.24) is 10.6 Å². The van der Waals surface area contributed by atoms with Crippen LogP contribution in [-0.2, 0) is 0 Å². The molecule has 76 valence electrons. The van der Waals surface area contributed by atoms with Gasteiger partial charge in [0, 0.05) is 13.1 Å². The van der Waals surface area contributed by atoms with E-state index >= 15 is 0 Å². The summed E-state index contributed by atoms with van der Waals surface area (Å²) in [5.74, 6) is 0. The molecule has 0 spiro atoms. The molecule has 1 rings (SSSR count). The molecule has 0 saturated carbocycles. The zero-order valence-corrected chi connectivity index (χ0v) is 8.61. The summed E-state index contributed by atoms with van der Waals surface area (Å²) < 4.78 is 0. The monoisotopic (exact) mass is 204 g/mol. The van der Waals surface area contributed by atoms with E-state index < -0.39 is 6.09 Å². The molecular formula is C7H14N3O2S-. The highest BCUT2D eigenvalue weighted by atomic mass is 32.2. The normalized spacial score (nSPS) is 13.5. The molecular weight excluding hydrogens is 190 g/mol. The minimum Gasteiger partial charge on any atom is -0.530 e. The molecule has 0 aliphatic carbocycles. The predicted molar refractivity (Wildman–Crippen MR) is 52.9 cm³/mol. The van der Waals surface area contributed by atoms with E-state index in [0.29, 0.717) is 6.54 Å². The SMILES string of the molecule is CCNC(=O)[O-].CSC1=NCCN1. The van der Waals surface area contributed by atoms with Gasteiger partial charge in [0.05, 0.1) is 6.54 Å².